The van der Waals surface area contributed by atoms with Gasteiger partial charge in [0.25, 0.3) is 11.8 Å². The number of piperidine rings is 1. The number of likely N-dealkylation sites (tertiary alicyclic amines) is 1. The summed E-state index contributed by atoms with van der Waals surface area (Å²) in [5.41, 5.74) is 8.15. The molecule has 134 valence electrons. The van der Waals surface area contributed by atoms with Crippen LogP contribution in [0.5, 0.6) is 0 Å². The molecule has 2 amide bonds. The average molecular weight is 351 g/mol. The number of benzene rings is 1. The lowest BCUT2D eigenvalue weighted by Gasteiger charge is -2.35. The number of aryl methyl sites for hydroxylation is 1. The molecule has 7 nitrogen and oxygen atoms in total. The van der Waals surface area contributed by atoms with E-state index in [1.807, 2.05) is 47.0 Å². The molecule has 3 N–H and O–H groups in total. The second-order valence-corrected chi connectivity index (χ2v) is 6.74. The van der Waals surface area contributed by atoms with Gasteiger partial charge in [-0.2, -0.15) is 5.10 Å². The van der Waals surface area contributed by atoms with Crippen molar-refractivity contribution in [2.75, 3.05) is 6.54 Å². The van der Waals surface area contributed by atoms with Gasteiger partial charge in [0.15, 0.2) is 0 Å². The normalized spacial score (nSPS) is 17.6. The van der Waals surface area contributed by atoms with Crippen LogP contribution in [-0.4, -0.2) is 38.0 Å². The summed E-state index contributed by atoms with van der Waals surface area (Å²) in [5, 5.41) is 7.79. The Balaban J connectivity index is 1.75. The van der Waals surface area contributed by atoms with Gasteiger partial charge in [0.2, 0.25) is 0 Å². The highest BCUT2D eigenvalue weighted by Crippen LogP contribution is 2.34. The van der Waals surface area contributed by atoms with Crippen LogP contribution in [0.25, 0.3) is 10.9 Å². The van der Waals surface area contributed by atoms with E-state index in [1.165, 1.54) is 6.20 Å². The number of fused-ring (bicyclic) bond motifs is 1. The summed E-state index contributed by atoms with van der Waals surface area (Å²) < 4.78 is 1.96. The van der Waals surface area contributed by atoms with Crippen LogP contribution in [0.3, 0.4) is 0 Å². The average Bonchev–Trinajstić information content (AvgIpc) is 3.27. The SMILES string of the molecule is Cn1cc(C(=O)N2CCCCC2c2[nH]ncc2C(N)=O)c2ccccc21. The van der Waals surface area contributed by atoms with E-state index in [0.29, 0.717) is 23.4 Å². The fourth-order valence-electron chi connectivity index (χ4n) is 3.89. The van der Waals surface area contributed by atoms with Gasteiger partial charge in [0, 0.05) is 30.7 Å². The topological polar surface area (TPSA) is 97.0 Å². The van der Waals surface area contributed by atoms with E-state index >= 15 is 0 Å². The zero-order valence-electron chi connectivity index (χ0n) is 14.6. The molecule has 2 aromatic heterocycles. The fraction of sp³-hybridized carbons (Fsp3) is 0.316. The van der Waals surface area contributed by atoms with Crippen molar-refractivity contribution >= 4 is 22.7 Å². The number of hydrogen-bond donors (Lipinski definition) is 2. The van der Waals surface area contributed by atoms with E-state index in [-0.39, 0.29) is 11.9 Å². The standard InChI is InChI=1S/C19H21N5O2/c1-23-11-14(12-6-2-3-7-15(12)23)19(26)24-9-5-4-8-16(24)17-13(18(20)25)10-21-22-17/h2-3,6-7,10-11,16H,4-5,8-9H2,1H3,(H2,20,25)(H,21,22). The van der Waals surface area contributed by atoms with Gasteiger partial charge < -0.3 is 15.2 Å². The Morgan fingerprint density at radius 3 is 2.85 bits per heavy atom. The first-order chi connectivity index (χ1) is 12.6. The predicted octanol–water partition coefficient (Wildman–Crippen LogP) is 2.37. The van der Waals surface area contributed by atoms with Gasteiger partial charge in [-0.15, -0.1) is 0 Å². The Hall–Kier alpha value is -3.09. The quantitative estimate of drug-likeness (QED) is 0.758. The van der Waals surface area contributed by atoms with Crippen LogP contribution in [0.15, 0.2) is 36.7 Å². The lowest BCUT2D eigenvalue weighted by molar-refractivity contribution is 0.0605. The lowest BCUT2D eigenvalue weighted by Crippen LogP contribution is -2.39. The van der Waals surface area contributed by atoms with Gasteiger partial charge in [0.05, 0.1) is 29.1 Å². The first kappa shape index (κ1) is 16.4. The monoisotopic (exact) mass is 351 g/mol. The minimum absolute atomic E-state index is 0.0310. The number of H-pyrrole nitrogens is 1. The maximum absolute atomic E-state index is 13.4. The Kier molecular flexibility index (Phi) is 3.99. The molecule has 0 bridgehead atoms. The van der Waals surface area contributed by atoms with E-state index in [2.05, 4.69) is 10.2 Å². The Morgan fingerprint density at radius 2 is 2.04 bits per heavy atom. The number of carbonyl (C=O) groups is 2. The zero-order valence-corrected chi connectivity index (χ0v) is 14.6. The largest absolute Gasteiger partial charge is 0.365 e. The summed E-state index contributed by atoms with van der Waals surface area (Å²) >= 11 is 0. The first-order valence-electron chi connectivity index (χ1n) is 8.76. The van der Waals surface area contributed by atoms with Crippen LogP contribution < -0.4 is 5.73 Å². The number of hydrogen-bond acceptors (Lipinski definition) is 3. The van der Waals surface area contributed by atoms with E-state index < -0.39 is 5.91 Å². The Morgan fingerprint density at radius 1 is 1.23 bits per heavy atom. The number of carbonyl (C=O) groups excluding carboxylic acids is 2. The molecule has 1 unspecified atom stereocenters. The van der Waals surface area contributed by atoms with Crippen molar-refractivity contribution < 1.29 is 9.59 Å². The Bertz CT molecular complexity index is 987. The first-order valence-corrected chi connectivity index (χ1v) is 8.76. The number of para-hydroxylation sites is 1. The van der Waals surface area contributed by atoms with E-state index in [4.69, 9.17) is 5.73 Å². The van der Waals surface area contributed by atoms with Crippen LogP contribution in [0, 0.1) is 0 Å². The van der Waals surface area contributed by atoms with Crippen LogP contribution in [-0.2, 0) is 7.05 Å². The molecule has 7 heteroatoms. The third-order valence-corrected chi connectivity index (χ3v) is 5.16. The molecule has 4 rings (SSSR count). The minimum atomic E-state index is -0.531. The molecule has 0 spiro atoms. The van der Waals surface area contributed by atoms with Gasteiger partial charge in [-0.25, -0.2) is 0 Å². The molecule has 3 aromatic rings. The smallest absolute Gasteiger partial charge is 0.256 e. The molecular formula is C19H21N5O2. The van der Waals surface area contributed by atoms with Crippen LogP contribution in [0.2, 0.25) is 0 Å². The molecule has 1 saturated heterocycles. The van der Waals surface area contributed by atoms with Crippen LogP contribution >= 0.6 is 0 Å². The fourth-order valence-corrected chi connectivity index (χ4v) is 3.89. The van der Waals surface area contributed by atoms with Crippen molar-refractivity contribution in [1.29, 1.82) is 0 Å². The number of amides is 2. The second-order valence-electron chi connectivity index (χ2n) is 6.74. The highest BCUT2D eigenvalue weighted by molar-refractivity contribution is 6.07. The maximum Gasteiger partial charge on any atom is 0.256 e. The van der Waals surface area contributed by atoms with Crippen molar-refractivity contribution in [3.63, 3.8) is 0 Å². The van der Waals surface area contributed by atoms with Crippen molar-refractivity contribution in [1.82, 2.24) is 19.7 Å². The summed E-state index contributed by atoms with van der Waals surface area (Å²) in [7, 11) is 1.94. The molecule has 26 heavy (non-hydrogen) atoms. The van der Waals surface area contributed by atoms with Gasteiger partial charge >= 0.3 is 0 Å². The maximum atomic E-state index is 13.4. The van der Waals surface area contributed by atoms with Gasteiger partial charge in [0.1, 0.15) is 0 Å². The highest BCUT2D eigenvalue weighted by atomic mass is 16.2. The summed E-state index contributed by atoms with van der Waals surface area (Å²) in [6, 6.07) is 7.64. The van der Waals surface area contributed by atoms with Crippen LogP contribution in [0.4, 0.5) is 0 Å². The van der Waals surface area contributed by atoms with Gasteiger partial charge in [-0.05, 0) is 25.3 Å². The van der Waals surface area contributed by atoms with Gasteiger partial charge in [-0.3, -0.25) is 14.7 Å². The summed E-state index contributed by atoms with van der Waals surface area (Å²) in [6.45, 7) is 0.643. The van der Waals surface area contributed by atoms with E-state index in [1.54, 1.807) is 0 Å². The third-order valence-electron chi connectivity index (χ3n) is 5.16. The minimum Gasteiger partial charge on any atom is -0.365 e. The molecule has 1 atom stereocenters. The highest BCUT2D eigenvalue weighted by Gasteiger charge is 2.33. The molecule has 1 aromatic carbocycles. The summed E-state index contributed by atoms with van der Waals surface area (Å²) in [5.74, 6) is -0.562. The summed E-state index contributed by atoms with van der Waals surface area (Å²) in [4.78, 5) is 26.9. The molecule has 1 fully saturated rings. The number of rotatable bonds is 3. The molecular weight excluding hydrogens is 330 g/mol. The zero-order chi connectivity index (χ0) is 18.3. The molecule has 1 aliphatic rings. The molecule has 1 aliphatic heterocycles. The molecule has 3 heterocycles. The van der Waals surface area contributed by atoms with E-state index in [9.17, 15) is 9.59 Å². The second kappa shape index (κ2) is 6.33. The van der Waals surface area contributed by atoms with Crippen molar-refractivity contribution in [3.8, 4) is 0 Å². The molecule has 0 saturated carbocycles. The number of primary amides is 1. The Labute approximate surface area is 150 Å². The number of aromatic amines is 1. The van der Waals surface area contributed by atoms with Crippen molar-refractivity contribution in [2.24, 2.45) is 12.8 Å². The lowest BCUT2D eigenvalue weighted by atomic mass is 9.96. The number of aromatic nitrogens is 3. The molecule has 0 radical (unpaired) electrons. The van der Waals surface area contributed by atoms with Gasteiger partial charge in [-0.1, -0.05) is 18.2 Å². The number of nitrogens with zero attached hydrogens (tertiary/aromatic N) is 3. The van der Waals surface area contributed by atoms with Crippen LogP contribution in [0.1, 0.15) is 51.7 Å². The third kappa shape index (κ3) is 2.56. The predicted molar refractivity (Wildman–Crippen MR) is 97.7 cm³/mol. The number of nitrogens with one attached hydrogen (secondary N) is 1. The molecule has 0 aliphatic carbocycles. The van der Waals surface area contributed by atoms with Crippen molar-refractivity contribution in [2.45, 2.75) is 25.3 Å². The summed E-state index contributed by atoms with van der Waals surface area (Å²) in [6.07, 6.45) is 6.01. The number of nitrogens with two attached hydrogens (primary N) is 1. The van der Waals surface area contributed by atoms with Crippen molar-refractivity contribution in [3.05, 3.63) is 53.5 Å². The van der Waals surface area contributed by atoms with E-state index in [0.717, 1.165) is 30.2 Å².